The first-order valence-electron chi connectivity index (χ1n) is 8.32. The maximum atomic E-state index is 3.45. The van der Waals surface area contributed by atoms with E-state index in [4.69, 9.17) is 0 Å². The molecule has 0 heteroatoms. The summed E-state index contributed by atoms with van der Waals surface area (Å²) in [6.45, 7) is 6.90. The molecule has 0 aromatic heterocycles. The highest BCUT2D eigenvalue weighted by atomic mass is 14.0. The molecule has 0 saturated heterocycles. The van der Waals surface area contributed by atoms with Crippen LogP contribution in [0.3, 0.4) is 0 Å². The molecule has 0 unspecified atom stereocenters. The van der Waals surface area contributed by atoms with Crippen molar-refractivity contribution in [2.75, 3.05) is 0 Å². The molecule has 0 amide bonds. The zero-order valence-electron chi connectivity index (χ0n) is 13.1. The zero-order valence-corrected chi connectivity index (χ0v) is 13.1. The molecule has 0 atom stereocenters. The van der Waals surface area contributed by atoms with E-state index >= 15 is 0 Å². The molecule has 0 spiro atoms. The van der Waals surface area contributed by atoms with Crippen molar-refractivity contribution in [1.82, 2.24) is 0 Å². The summed E-state index contributed by atoms with van der Waals surface area (Å²) in [6.07, 6.45) is 22.1. The Labute approximate surface area is 116 Å². The van der Waals surface area contributed by atoms with Crippen molar-refractivity contribution in [2.45, 2.75) is 97.8 Å². The molecule has 18 heavy (non-hydrogen) atoms. The van der Waals surface area contributed by atoms with Crippen molar-refractivity contribution in [3.05, 3.63) is 12.2 Å². The van der Waals surface area contributed by atoms with Gasteiger partial charge in [-0.25, -0.2) is 0 Å². The van der Waals surface area contributed by atoms with Gasteiger partial charge in [0.2, 0.25) is 0 Å². The molecular weight excluding hydrogens is 216 g/mol. The van der Waals surface area contributed by atoms with Crippen LogP contribution >= 0.6 is 0 Å². The molecule has 0 saturated carbocycles. The molecule has 0 rings (SSSR count). The summed E-state index contributed by atoms with van der Waals surface area (Å²) in [5.74, 6) is 0.872. The molecule has 0 nitrogen and oxygen atoms in total. The molecule has 1 radical (unpaired) electrons. The van der Waals surface area contributed by atoms with Crippen LogP contribution in [0.25, 0.3) is 0 Å². The summed E-state index contributed by atoms with van der Waals surface area (Å²) in [4.78, 5) is 0. The van der Waals surface area contributed by atoms with Crippen molar-refractivity contribution in [1.29, 1.82) is 0 Å². The number of hydrogen-bond donors (Lipinski definition) is 0. The molecule has 0 fully saturated rings. The maximum absolute atomic E-state index is 3.45. The second-order valence-corrected chi connectivity index (χ2v) is 5.96. The minimum Gasteiger partial charge on any atom is -0.0811 e. The summed E-state index contributed by atoms with van der Waals surface area (Å²) in [5.41, 5.74) is 0. The quantitative estimate of drug-likeness (QED) is 0.319. The van der Waals surface area contributed by atoms with Crippen molar-refractivity contribution < 1.29 is 0 Å². The van der Waals surface area contributed by atoms with Crippen LogP contribution in [0, 0.1) is 12.0 Å². The van der Waals surface area contributed by atoms with Gasteiger partial charge in [0.1, 0.15) is 0 Å². The first-order valence-corrected chi connectivity index (χ1v) is 8.32. The molecule has 0 N–H and O–H groups in total. The highest BCUT2D eigenvalue weighted by Crippen LogP contribution is 2.10. The lowest BCUT2D eigenvalue weighted by atomic mass is 10.0. The lowest BCUT2D eigenvalue weighted by molar-refractivity contribution is 0.527. The molecule has 0 heterocycles. The van der Waals surface area contributed by atoms with Crippen LogP contribution in [0.5, 0.6) is 0 Å². The molecule has 0 aliphatic rings. The van der Waals surface area contributed by atoms with Gasteiger partial charge in [-0.2, -0.15) is 0 Å². The van der Waals surface area contributed by atoms with Gasteiger partial charge in [-0.05, 0) is 37.7 Å². The SMILES string of the molecule is CCCCCCCC/C=[C]/CCCCCC(C)C. The van der Waals surface area contributed by atoms with E-state index < -0.39 is 0 Å². The van der Waals surface area contributed by atoms with Crippen molar-refractivity contribution >= 4 is 0 Å². The average molecular weight is 251 g/mol. The highest BCUT2D eigenvalue weighted by molar-refractivity contribution is 4.73. The number of allylic oxidation sites excluding steroid dienone is 2. The Bertz CT molecular complexity index is 167. The van der Waals surface area contributed by atoms with Gasteiger partial charge in [0.15, 0.2) is 0 Å². The minimum atomic E-state index is 0.872. The highest BCUT2D eigenvalue weighted by Gasteiger charge is 1.93. The molecule has 0 aromatic rings. The lowest BCUT2D eigenvalue weighted by Gasteiger charge is -2.02. The summed E-state index contributed by atoms with van der Waals surface area (Å²) in [6, 6.07) is 0. The fourth-order valence-corrected chi connectivity index (χ4v) is 2.19. The van der Waals surface area contributed by atoms with E-state index in [2.05, 4.69) is 32.9 Å². The number of hydrogen-bond acceptors (Lipinski definition) is 0. The molecular formula is C18H35. The number of unbranched alkanes of at least 4 members (excludes halogenated alkanes) is 9. The third-order valence-corrected chi connectivity index (χ3v) is 3.45. The Balaban J connectivity index is 3.05. The van der Waals surface area contributed by atoms with E-state index in [1.54, 1.807) is 0 Å². The normalized spacial score (nSPS) is 11.8. The van der Waals surface area contributed by atoms with Crippen LogP contribution in [0.4, 0.5) is 0 Å². The fraction of sp³-hybridized carbons (Fsp3) is 0.889. The maximum Gasteiger partial charge on any atom is -0.0279 e. The first-order chi connectivity index (χ1) is 8.77. The summed E-state index contributed by atoms with van der Waals surface area (Å²) < 4.78 is 0. The second-order valence-electron chi connectivity index (χ2n) is 5.96. The van der Waals surface area contributed by atoms with Gasteiger partial charge in [0, 0.05) is 0 Å². The fourth-order valence-electron chi connectivity index (χ4n) is 2.19. The molecule has 107 valence electrons. The topological polar surface area (TPSA) is 0 Å². The Hall–Kier alpha value is -0.260. The predicted octanol–water partition coefficient (Wildman–Crippen LogP) is 6.70. The van der Waals surface area contributed by atoms with E-state index in [0.717, 1.165) is 5.92 Å². The van der Waals surface area contributed by atoms with Gasteiger partial charge in [-0.15, -0.1) is 0 Å². The van der Waals surface area contributed by atoms with Crippen LogP contribution in [-0.2, 0) is 0 Å². The summed E-state index contributed by atoms with van der Waals surface area (Å²) in [7, 11) is 0. The zero-order chi connectivity index (χ0) is 13.5. The van der Waals surface area contributed by atoms with Crippen LogP contribution < -0.4 is 0 Å². The number of rotatable bonds is 13. The van der Waals surface area contributed by atoms with Crippen molar-refractivity contribution in [2.24, 2.45) is 5.92 Å². The lowest BCUT2D eigenvalue weighted by Crippen LogP contribution is -1.86. The van der Waals surface area contributed by atoms with E-state index in [1.807, 2.05) is 0 Å². The summed E-state index contributed by atoms with van der Waals surface area (Å²) >= 11 is 0. The van der Waals surface area contributed by atoms with Gasteiger partial charge in [-0.3, -0.25) is 0 Å². The third-order valence-electron chi connectivity index (χ3n) is 3.45. The van der Waals surface area contributed by atoms with E-state index in [1.165, 1.54) is 77.0 Å². The van der Waals surface area contributed by atoms with Crippen molar-refractivity contribution in [3.8, 4) is 0 Å². The van der Waals surface area contributed by atoms with Crippen molar-refractivity contribution in [3.63, 3.8) is 0 Å². The molecule has 0 aliphatic heterocycles. The Morgan fingerprint density at radius 1 is 0.833 bits per heavy atom. The van der Waals surface area contributed by atoms with Crippen LogP contribution in [0.2, 0.25) is 0 Å². The van der Waals surface area contributed by atoms with Gasteiger partial charge in [0.05, 0.1) is 0 Å². The smallest absolute Gasteiger partial charge is 0.0279 e. The van der Waals surface area contributed by atoms with E-state index in [9.17, 15) is 0 Å². The van der Waals surface area contributed by atoms with Gasteiger partial charge in [0.25, 0.3) is 0 Å². The van der Waals surface area contributed by atoms with Gasteiger partial charge >= 0.3 is 0 Å². The average Bonchev–Trinajstić information content (AvgIpc) is 2.34. The Morgan fingerprint density at radius 3 is 2.22 bits per heavy atom. The Kier molecular flexibility index (Phi) is 14.6. The first kappa shape index (κ1) is 17.7. The van der Waals surface area contributed by atoms with E-state index in [-0.39, 0.29) is 0 Å². The molecule has 0 bridgehead atoms. The van der Waals surface area contributed by atoms with Gasteiger partial charge < -0.3 is 0 Å². The largest absolute Gasteiger partial charge is 0.0811 e. The molecule has 0 aliphatic carbocycles. The monoisotopic (exact) mass is 251 g/mol. The van der Waals surface area contributed by atoms with Crippen LogP contribution in [0.15, 0.2) is 6.08 Å². The minimum absolute atomic E-state index is 0.872. The van der Waals surface area contributed by atoms with Crippen LogP contribution in [0.1, 0.15) is 97.8 Å². The molecule has 0 aromatic carbocycles. The standard InChI is InChI=1S/C18H35/c1-4-5-6-7-8-9-10-11-12-13-14-15-16-17-18(2)3/h11,18H,4-10,13-17H2,1-3H3. The summed E-state index contributed by atoms with van der Waals surface area (Å²) in [5, 5.41) is 0. The predicted molar refractivity (Wildman–Crippen MR) is 83.7 cm³/mol. The Morgan fingerprint density at radius 2 is 1.50 bits per heavy atom. The second kappa shape index (κ2) is 14.8. The van der Waals surface area contributed by atoms with E-state index in [0.29, 0.717) is 0 Å². The van der Waals surface area contributed by atoms with Gasteiger partial charge in [-0.1, -0.05) is 78.2 Å². The third kappa shape index (κ3) is 15.7. The van der Waals surface area contributed by atoms with Crippen LogP contribution in [-0.4, -0.2) is 0 Å².